The molecule has 2 aliphatic rings. The summed E-state index contributed by atoms with van der Waals surface area (Å²) < 4.78 is 21.6. The van der Waals surface area contributed by atoms with Gasteiger partial charge in [-0.05, 0) is 13.8 Å². The van der Waals surface area contributed by atoms with Gasteiger partial charge in [-0.2, -0.15) is 0 Å². The van der Waals surface area contributed by atoms with E-state index in [1.165, 1.54) is 6.92 Å². The molecule has 0 aromatic heterocycles. The van der Waals surface area contributed by atoms with E-state index in [2.05, 4.69) is 0 Å². The fourth-order valence-electron chi connectivity index (χ4n) is 1.90. The molecule has 5 heteroatoms. The van der Waals surface area contributed by atoms with Crippen molar-refractivity contribution < 1.29 is 23.7 Å². The zero-order valence-electron chi connectivity index (χ0n) is 9.19. The highest BCUT2D eigenvalue weighted by atomic mass is 16.8. The maximum absolute atomic E-state index is 10.6. The Hall–Kier alpha value is -0.650. The molecule has 0 aliphatic carbocycles. The van der Waals surface area contributed by atoms with Gasteiger partial charge in [0.2, 0.25) is 0 Å². The van der Waals surface area contributed by atoms with Gasteiger partial charge in [-0.3, -0.25) is 4.79 Å². The van der Waals surface area contributed by atoms with Gasteiger partial charge in [0.25, 0.3) is 0 Å². The van der Waals surface area contributed by atoms with Gasteiger partial charge in [-0.25, -0.2) is 0 Å². The minimum Gasteiger partial charge on any atom is -0.463 e. The molecule has 2 rings (SSSR count). The fourth-order valence-corrected chi connectivity index (χ4v) is 1.90. The van der Waals surface area contributed by atoms with Gasteiger partial charge in [-0.15, -0.1) is 0 Å². The lowest BCUT2D eigenvalue weighted by Crippen LogP contribution is -2.26. The van der Waals surface area contributed by atoms with Crippen molar-refractivity contribution in [3.63, 3.8) is 0 Å². The Morgan fingerprint density at radius 2 is 2.20 bits per heavy atom. The highest BCUT2D eigenvalue weighted by Crippen LogP contribution is 2.36. The second-order valence-electron chi connectivity index (χ2n) is 4.34. The fraction of sp³-hybridized carbons (Fsp3) is 0.900. The van der Waals surface area contributed by atoms with E-state index >= 15 is 0 Å². The maximum Gasteiger partial charge on any atom is 0.302 e. The second kappa shape index (κ2) is 3.73. The molecule has 0 saturated carbocycles. The normalized spacial score (nSPS) is 37.7. The quantitative estimate of drug-likeness (QED) is 0.639. The van der Waals surface area contributed by atoms with E-state index in [9.17, 15) is 4.79 Å². The Bertz CT molecular complexity index is 247. The van der Waals surface area contributed by atoms with Crippen LogP contribution in [0.3, 0.4) is 0 Å². The summed E-state index contributed by atoms with van der Waals surface area (Å²) in [6.45, 7) is 5.37. The maximum atomic E-state index is 10.6. The first-order chi connectivity index (χ1) is 6.96. The molecular formula is C10H16O5. The highest BCUT2D eigenvalue weighted by molar-refractivity contribution is 5.65. The summed E-state index contributed by atoms with van der Waals surface area (Å²) in [4.78, 5) is 10.6. The molecule has 0 aromatic rings. The van der Waals surface area contributed by atoms with Gasteiger partial charge in [-0.1, -0.05) is 0 Å². The van der Waals surface area contributed by atoms with Gasteiger partial charge >= 0.3 is 5.97 Å². The van der Waals surface area contributed by atoms with Gasteiger partial charge in [0, 0.05) is 13.3 Å². The zero-order chi connectivity index (χ0) is 11.1. The van der Waals surface area contributed by atoms with Gasteiger partial charge in [0.1, 0.15) is 12.7 Å². The molecule has 0 aromatic carbocycles. The van der Waals surface area contributed by atoms with Crippen molar-refractivity contribution in [1.29, 1.82) is 0 Å². The lowest BCUT2D eigenvalue weighted by Gasteiger charge is -2.20. The SMILES string of the molecule is CC(=O)OC[C@@H]1C[C@@H]2OC(C)(C)O[C@@H]2O1. The van der Waals surface area contributed by atoms with Crippen LogP contribution >= 0.6 is 0 Å². The van der Waals surface area contributed by atoms with Gasteiger partial charge in [0.15, 0.2) is 12.1 Å². The molecule has 2 heterocycles. The Labute approximate surface area is 88.6 Å². The summed E-state index contributed by atoms with van der Waals surface area (Å²) in [5.74, 6) is -0.861. The molecule has 2 aliphatic heterocycles. The summed E-state index contributed by atoms with van der Waals surface area (Å²) in [5.41, 5.74) is 0. The Balaban J connectivity index is 1.81. The second-order valence-corrected chi connectivity index (χ2v) is 4.34. The van der Waals surface area contributed by atoms with Gasteiger partial charge < -0.3 is 18.9 Å². The summed E-state index contributed by atoms with van der Waals surface area (Å²) in [6.07, 6.45) is 0.239. The lowest BCUT2D eigenvalue weighted by molar-refractivity contribution is -0.209. The summed E-state index contributed by atoms with van der Waals surface area (Å²) in [6, 6.07) is 0. The smallest absolute Gasteiger partial charge is 0.302 e. The standard InChI is InChI=1S/C10H16O5/c1-6(11)12-5-7-4-8-9(13-7)15-10(2,3)14-8/h7-9H,4-5H2,1-3H3/t7-,8-,9-/m0/s1. The average molecular weight is 216 g/mol. The monoisotopic (exact) mass is 216 g/mol. The number of carbonyl (C=O) groups is 1. The number of rotatable bonds is 2. The van der Waals surface area contributed by atoms with E-state index in [0.717, 1.165) is 0 Å². The molecule has 0 amide bonds. The van der Waals surface area contributed by atoms with Crippen LogP contribution in [0.4, 0.5) is 0 Å². The van der Waals surface area contributed by atoms with E-state index in [1.54, 1.807) is 0 Å². The molecule has 0 radical (unpaired) electrons. The van der Waals surface area contributed by atoms with Crippen molar-refractivity contribution in [3.8, 4) is 0 Å². The molecule has 2 fully saturated rings. The average Bonchev–Trinajstić information content (AvgIpc) is 2.53. The molecule has 0 N–H and O–H groups in total. The topological polar surface area (TPSA) is 54.0 Å². The van der Waals surface area contributed by atoms with Crippen LogP contribution in [0, 0.1) is 0 Å². The molecule has 15 heavy (non-hydrogen) atoms. The molecule has 2 saturated heterocycles. The Morgan fingerprint density at radius 3 is 2.80 bits per heavy atom. The Morgan fingerprint density at radius 1 is 1.47 bits per heavy atom. The zero-order valence-corrected chi connectivity index (χ0v) is 9.19. The van der Waals surface area contributed by atoms with E-state index in [4.69, 9.17) is 18.9 Å². The molecule has 0 bridgehead atoms. The van der Waals surface area contributed by atoms with Gasteiger partial charge in [0.05, 0.1) is 6.10 Å². The van der Waals surface area contributed by atoms with E-state index in [0.29, 0.717) is 6.42 Å². The van der Waals surface area contributed by atoms with Crippen LogP contribution in [0.5, 0.6) is 0 Å². The van der Waals surface area contributed by atoms with E-state index in [1.807, 2.05) is 13.8 Å². The van der Waals surface area contributed by atoms with Crippen LogP contribution in [0.15, 0.2) is 0 Å². The third kappa shape index (κ3) is 2.48. The van der Waals surface area contributed by atoms with Crippen molar-refractivity contribution in [2.45, 2.75) is 51.5 Å². The summed E-state index contributed by atoms with van der Waals surface area (Å²) >= 11 is 0. The number of ether oxygens (including phenoxy) is 4. The van der Waals surface area contributed by atoms with Crippen molar-refractivity contribution in [3.05, 3.63) is 0 Å². The Kier molecular flexibility index (Phi) is 2.70. The van der Waals surface area contributed by atoms with Crippen LogP contribution in [0.2, 0.25) is 0 Å². The summed E-state index contributed by atoms with van der Waals surface area (Å²) in [5, 5.41) is 0. The van der Waals surface area contributed by atoms with Crippen LogP contribution < -0.4 is 0 Å². The number of hydrogen-bond acceptors (Lipinski definition) is 5. The predicted octanol–water partition coefficient (Wildman–Crippen LogP) is 0.816. The minimum atomic E-state index is -0.568. The van der Waals surface area contributed by atoms with Crippen LogP contribution in [0.1, 0.15) is 27.2 Å². The predicted molar refractivity (Wildman–Crippen MR) is 49.9 cm³/mol. The molecule has 0 unspecified atom stereocenters. The van der Waals surface area contributed by atoms with Crippen molar-refractivity contribution >= 4 is 5.97 Å². The first kappa shape index (κ1) is 10.9. The van der Waals surface area contributed by atoms with Crippen molar-refractivity contribution in [1.82, 2.24) is 0 Å². The molecule has 0 spiro atoms. The molecular weight excluding hydrogens is 200 g/mol. The molecule has 5 nitrogen and oxygen atoms in total. The number of esters is 1. The van der Waals surface area contributed by atoms with E-state index in [-0.39, 0.29) is 31.1 Å². The number of hydrogen-bond donors (Lipinski definition) is 0. The van der Waals surface area contributed by atoms with Crippen LogP contribution in [-0.2, 0) is 23.7 Å². The molecule has 86 valence electrons. The van der Waals surface area contributed by atoms with Crippen molar-refractivity contribution in [2.24, 2.45) is 0 Å². The van der Waals surface area contributed by atoms with Crippen LogP contribution in [0.25, 0.3) is 0 Å². The third-order valence-electron chi connectivity index (χ3n) is 2.43. The largest absolute Gasteiger partial charge is 0.463 e. The number of fused-ring (bicyclic) bond motifs is 1. The third-order valence-corrected chi connectivity index (χ3v) is 2.43. The van der Waals surface area contributed by atoms with E-state index < -0.39 is 5.79 Å². The summed E-state index contributed by atoms with van der Waals surface area (Å²) in [7, 11) is 0. The van der Waals surface area contributed by atoms with Crippen molar-refractivity contribution in [2.75, 3.05) is 6.61 Å². The first-order valence-electron chi connectivity index (χ1n) is 5.11. The van der Waals surface area contributed by atoms with Crippen LogP contribution in [-0.4, -0.2) is 36.9 Å². The molecule has 3 atom stereocenters. The first-order valence-corrected chi connectivity index (χ1v) is 5.11. The minimum absolute atomic E-state index is 0.0411. The lowest BCUT2D eigenvalue weighted by atomic mass is 10.2. The highest BCUT2D eigenvalue weighted by Gasteiger charge is 2.48. The number of carbonyl (C=O) groups excluding carboxylic acids is 1.